The van der Waals surface area contributed by atoms with Gasteiger partial charge in [0.05, 0.1) is 18.7 Å². The van der Waals surface area contributed by atoms with E-state index >= 15 is 0 Å². The first-order chi connectivity index (χ1) is 8.31. The number of H-pyrrole nitrogens is 1. The van der Waals surface area contributed by atoms with Gasteiger partial charge in [-0.15, -0.1) is 0 Å². The molecule has 0 spiro atoms. The van der Waals surface area contributed by atoms with Crippen LogP contribution in [0.2, 0.25) is 0 Å². The molecular formula is C11H12N4O2. The maximum Gasteiger partial charge on any atom is 0.278 e. The van der Waals surface area contributed by atoms with Gasteiger partial charge in [0.2, 0.25) is 0 Å². The molecule has 0 unspecified atom stereocenters. The zero-order chi connectivity index (χ0) is 11.8. The van der Waals surface area contributed by atoms with E-state index in [-0.39, 0.29) is 24.1 Å². The molecule has 88 valence electrons. The van der Waals surface area contributed by atoms with Crippen LogP contribution in [0, 0.1) is 5.92 Å². The molecule has 0 bridgehead atoms. The lowest BCUT2D eigenvalue weighted by Crippen LogP contribution is -2.17. The Balaban J connectivity index is 2.15. The first kappa shape index (κ1) is 10.2. The van der Waals surface area contributed by atoms with Crippen LogP contribution in [0.15, 0.2) is 29.6 Å². The lowest BCUT2D eigenvalue weighted by molar-refractivity contribution is 0.205. The Labute approximate surface area is 96.6 Å². The predicted octanol–water partition coefficient (Wildman–Crippen LogP) is 0.229. The van der Waals surface area contributed by atoms with Gasteiger partial charge in [-0.2, -0.15) is 0 Å². The molecule has 0 saturated carbocycles. The number of aliphatic hydroxyl groups excluding tert-OH is 1. The Hall–Kier alpha value is -1.95. The number of rotatable bonds is 2. The molecule has 2 aromatic heterocycles. The molecule has 2 aromatic rings. The van der Waals surface area contributed by atoms with Gasteiger partial charge in [-0.25, -0.2) is 9.97 Å². The van der Waals surface area contributed by atoms with Crippen molar-refractivity contribution in [1.29, 1.82) is 0 Å². The molecule has 2 atom stereocenters. The van der Waals surface area contributed by atoms with Crippen LogP contribution in [0.25, 0.3) is 11.2 Å². The highest BCUT2D eigenvalue weighted by atomic mass is 16.3. The van der Waals surface area contributed by atoms with Crippen LogP contribution in [0.1, 0.15) is 12.5 Å². The van der Waals surface area contributed by atoms with E-state index in [2.05, 4.69) is 15.0 Å². The largest absolute Gasteiger partial charge is 0.396 e. The maximum absolute atomic E-state index is 11.5. The van der Waals surface area contributed by atoms with E-state index in [0.717, 1.165) is 6.42 Å². The molecule has 3 rings (SSSR count). The second-order valence-corrected chi connectivity index (χ2v) is 4.15. The van der Waals surface area contributed by atoms with Crippen LogP contribution in [-0.4, -0.2) is 31.2 Å². The molecule has 0 saturated heterocycles. The third kappa shape index (κ3) is 1.49. The molecule has 1 aliphatic rings. The zero-order valence-corrected chi connectivity index (χ0v) is 9.08. The molecule has 6 nitrogen and oxygen atoms in total. The van der Waals surface area contributed by atoms with Gasteiger partial charge in [0, 0.05) is 12.5 Å². The van der Waals surface area contributed by atoms with E-state index in [1.807, 2.05) is 16.7 Å². The monoisotopic (exact) mass is 232 g/mol. The minimum absolute atomic E-state index is 0.0271. The smallest absolute Gasteiger partial charge is 0.278 e. The molecule has 6 heteroatoms. The van der Waals surface area contributed by atoms with Crippen molar-refractivity contribution in [3.8, 4) is 0 Å². The van der Waals surface area contributed by atoms with Crippen molar-refractivity contribution < 1.29 is 5.11 Å². The van der Waals surface area contributed by atoms with Crippen LogP contribution >= 0.6 is 0 Å². The van der Waals surface area contributed by atoms with Crippen LogP contribution in [0.5, 0.6) is 0 Å². The van der Waals surface area contributed by atoms with Gasteiger partial charge < -0.3 is 14.7 Å². The van der Waals surface area contributed by atoms with Crippen molar-refractivity contribution in [3.63, 3.8) is 0 Å². The number of hydrogen-bond donors (Lipinski definition) is 2. The summed E-state index contributed by atoms with van der Waals surface area (Å²) in [6, 6.07) is 0.0271. The van der Waals surface area contributed by atoms with Crippen molar-refractivity contribution in [2.45, 2.75) is 12.5 Å². The number of aromatic amines is 1. The van der Waals surface area contributed by atoms with E-state index in [1.54, 1.807) is 6.33 Å². The summed E-state index contributed by atoms with van der Waals surface area (Å²) in [5, 5.41) is 9.30. The Kier molecular flexibility index (Phi) is 2.29. The number of allylic oxidation sites excluding steroid dienone is 2. The van der Waals surface area contributed by atoms with Crippen molar-refractivity contribution in [2.24, 2.45) is 5.92 Å². The summed E-state index contributed by atoms with van der Waals surface area (Å²) in [6.45, 7) is 0.112. The quantitative estimate of drug-likeness (QED) is 0.726. The van der Waals surface area contributed by atoms with E-state index < -0.39 is 0 Å². The topological polar surface area (TPSA) is 83.8 Å². The molecule has 0 fully saturated rings. The first-order valence-corrected chi connectivity index (χ1v) is 5.49. The summed E-state index contributed by atoms with van der Waals surface area (Å²) >= 11 is 0. The minimum Gasteiger partial charge on any atom is -0.396 e. The predicted molar refractivity (Wildman–Crippen MR) is 61.5 cm³/mol. The van der Waals surface area contributed by atoms with Crippen LogP contribution in [0.4, 0.5) is 0 Å². The normalized spacial score (nSPS) is 23.6. The zero-order valence-electron chi connectivity index (χ0n) is 9.08. The number of fused-ring (bicyclic) bond motifs is 1. The van der Waals surface area contributed by atoms with E-state index in [4.69, 9.17) is 0 Å². The summed E-state index contributed by atoms with van der Waals surface area (Å²) in [7, 11) is 0. The molecule has 2 N–H and O–H groups in total. The first-order valence-electron chi connectivity index (χ1n) is 5.49. The van der Waals surface area contributed by atoms with Crippen LogP contribution in [0.3, 0.4) is 0 Å². The fourth-order valence-corrected chi connectivity index (χ4v) is 2.27. The summed E-state index contributed by atoms with van der Waals surface area (Å²) in [6.07, 6.45) is 7.87. The summed E-state index contributed by atoms with van der Waals surface area (Å²) < 4.78 is 1.84. The average Bonchev–Trinajstić information content (AvgIpc) is 2.94. The van der Waals surface area contributed by atoms with Gasteiger partial charge in [-0.1, -0.05) is 12.2 Å². The van der Waals surface area contributed by atoms with Gasteiger partial charge in [0.1, 0.15) is 0 Å². The van der Waals surface area contributed by atoms with E-state index in [1.165, 1.54) is 6.33 Å². The third-order valence-corrected chi connectivity index (χ3v) is 3.18. The number of nitrogens with zero attached hydrogens (tertiary/aromatic N) is 3. The number of nitrogens with one attached hydrogen (secondary N) is 1. The minimum atomic E-state index is -0.240. The van der Waals surface area contributed by atoms with Gasteiger partial charge in [0.15, 0.2) is 11.2 Å². The third-order valence-electron chi connectivity index (χ3n) is 3.18. The number of aromatic nitrogens is 4. The maximum atomic E-state index is 11.5. The molecule has 1 aliphatic carbocycles. The number of hydrogen-bond acceptors (Lipinski definition) is 4. The molecular weight excluding hydrogens is 220 g/mol. The Bertz CT molecular complexity index is 628. The number of imidazole rings is 1. The highest BCUT2D eigenvalue weighted by Gasteiger charge is 2.25. The second-order valence-electron chi connectivity index (χ2n) is 4.15. The fraction of sp³-hybridized carbons (Fsp3) is 0.364. The Morgan fingerprint density at radius 1 is 1.53 bits per heavy atom. The van der Waals surface area contributed by atoms with Crippen molar-refractivity contribution >= 4 is 11.2 Å². The summed E-state index contributed by atoms with van der Waals surface area (Å²) in [4.78, 5) is 22.2. The number of aliphatic hydroxyl groups is 1. The molecule has 17 heavy (non-hydrogen) atoms. The highest BCUT2D eigenvalue weighted by Crippen LogP contribution is 2.30. The SMILES string of the molecule is O=c1[nH]cnc2c1ncn2[C@H]1C=CC[C@H]1CO. The molecule has 0 amide bonds. The van der Waals surface area contributed by atoms with Crippen LogP contribution in [-0.2, 0) is 0 Å². The average molecular weight is 232 g/mol. The van der Waals surface area contributed by atoms with Gasteiger partial charge in [0.25, 0.3) is 5.56 Å². The summed E-state index contributed by atoms with van der Waals surface area (Å²) in [5.41, 5.74) is 0.657. The van der Waals surface area contributed by atoms with Crippen molar-refractivity contribution in [1.82, 2.24) is 19.5 Å². The van der Waals surface area contributed by atoms with Crippen molar-refractivity contribution in [2.75, 3.05) is 6.61 Å². The fourth-order valence-electron chi connectivity index (χ4n) is 2.27. The summed E-state index contributed by atoms with van der Waals surface area (Å²) in [5.74, 6) is 0.133. The molecule has 0 radical (unpaired) electrons. The molecule has 0 aliphatic heterocycles. The van der Waals surface area contributed by atoms with E-state index in [9.17, 15) is 9.90 Å². The molecule has 2 heterocycles. The van der Waals surface area contributed by atoms with Gasteiger partial charge in [-0.3, -0.25) is 4.79 Å². The Morgan fingerprint density at radius 3 is 3.24 bits per heavy atom. The Morgan fingerprint density at radius 2 is 2.41 bits per heavy atom. The van der Waals surface area contributed by atoms with Crippen molar-refractivity contribution in [3.05, 3.63) is 35.2 Å². The standard InChI is InChI=1S/C11H12N4O2/c16-4-7-2-1-3-8(7)15-6-14-9-10(15)12-5-13-11(9)17/h1,3,5-8,16H,2,4H2,(H,12,13,17)/t7-,8-/m0/s1. The van der Waals surface area contributed by atoms with Gasteiger partial charge >= 0.3 is 0 Å². The second kappa shape index (κ2) is 3.81. The van der Waals surface area contributed by atoms with E-state index in [0.29, 0.717) is 11.2 Å². The molecule has 0 aromatic carbocycles. The van der Waals surface area contributed by atoms with Crippen LogP contribution < -0.4 is 5.56 Å². The van der Waals surface area contributed by atoms with Gasteiger partial charge in [-0.05, 0) is 6.42 Å². The lowest BCUT2D eigenvalue weighted by atomic mass is 10.0. The highest BCUT2D eigenvalue weighted by molar-refractivity contribution is 5.69. The lowest BCUT2D eigenvalue weighted by Gasteiger charge is -2.18.